The molecule has 5 nitrogen and oxygen atoms in total. The van der Waals surface area contributed by atoms with E-state index in [4.69, 9.17) is 9.47 Å². The molecular formula is C13H13N3O2. The van der Waals surface area contributed by atoms with Gasteiger partial charge in [0.2, 0.25) is 0 Å². The van der Waals surface area contributed by atoms with Crippen molar-refractivity contribution in [1.82, 2.24) is 14.6 Å². The summed E-state index contributed by atoms with van der Waals surface area (Å²) in [5.41, 5.74) is 0.825. The Morgan fingerprint density at radius 1 is 1.06 bits per heavy atom. The van der Waals surface area contributed by atoms with Crippen LogP contribution in [0.1, 0.15) is 5.82 Å². The predicted octanol–water partition coefficient (Wildman–Crippen LogP) is 2.21. The molecule has 18 heavy (non-hydrogen) atoms. The van der Waals surface area contributed by atoms with Crippen molar-refractivity contribution in [3.8, 4) is 11.5 Å². The van der Waals surface area contributed by atoms with Crippen molar-refractivity contribution in [2.75, 3.05) is 14.2 Å². The molecule has 0 amide bonds. The molecule has 0 unspecified atom stereocenters. The van der Waals surface area contributed by atoms with Gasteiger partial charge < -0.3 is 9.47 Å². The lowest BCUT2D eigenvalue weighted by atomic mass is 10.1. The minimum Gasteiger partial charge on any atom is -0.493 e. The monoisotopic (exact) mass is 243 g/mol. The maximum absolute atomic E-state index is 5.32. The van der Waals surface area contributed by atoms with Gasteiger partial charge in [0.15, 0.2) is 17.1 Å². The third-order valence-electron chi connectivity index (χ3n) is 3.07. The molecule has 0 spiro atoms. The summed E-state index contributed by atoms with van der Waals surface area (Å²) in [4.78, 5) is 0. The lowest BCUT2D eigenvalue weighted by Gasteiger charge is -2.09. The molecule has 2 heterocycles. The first-order valence-corrected chi connectivity index (χ1v) is 5.60. The molecule has 0 fully saturated rings. The quantitative estimate of drug-likeness (QED) is 0.692. The van der Waals surface area contributed by atoms with Crippen molar-refractivity contribution in [2.45, 2.75) is 6.92 Å². The maximum Gasteiger partial charge on any atom is 0.168 e. The Labute approximate surface area is 104 Å². The molecule has 0 bridgehead atoms. The Morgan fingerprint density at radius 3 is 2.50 bits per heavy atom. The number of ether oxygens (including phenoxy) is 2. The molecule has 0 N–H and O–H groups in total. The molecular weight excluding hydrogens is 230 g/mol. The average Bonchev–Trinajstić information content (AvgIpc) is 2.79. The zero-order valence-corrected chi connectivity index (χ0v) is 10.5. The third-order valence-corrected chi connectivity index (χ3v) is 3.07. The fraction of sp³-hybridized carbons (Fsp3) is 0.231. The lowest BCUT2D eigenvalue weighted by Crippen LogP contribution is -1.93. The van der Waals surface area contributed by atoms with Crippen molar-refractivity contribution >= 4 is 16.4 Å². The fourth-order valence-electron chi connectivity index (χ4n) is 2.11. The first kappa shape index (κ1) is 10.8. The van der Waals surface area contributed by atoms with Gasteiger partial charge in [-0.2, -0.15) is 0 Å². The molecule has 3 rings (SSSR count). The van der Waals surface area contributed by atoms with Gasteiger partial charge in [-0.25, -0.2) is 0 Å². The molecule has 1 aromatic carbocycles. The van der Waals surface area contributed by atoms with Crippen molar-refractivity contribution in [3.05, 3.63) is 30.2 Å². The molecule has 0 aliphatic rings. The van der Waals surface area contributed by atoms with Gasteiger partial charge in [0, 0.05) is 11.6 Å². The topological polar surface area (TPSA) is 48.7 Å². The van der Waals surface area contributed by atoms with Crippen LogP contribution < -0.4 is 9.47 Å². The minimum atomic E-state index is 0.693. The number of fused-ring (bicyclic) bond motifs is 3. The maximum atomic E-state index is 5.32. The summed E-state index contributed by atoms with van der Waals surface area (Å²) in [5.74, 6) is 2.27. The van der Waals surface area contributed by atoms with Crippen LogP contribution in [0.15, 0.2) is 24.4 Å². The molecule has 0 aliphatic carbocycles. The number of benzene rings is 1. The van der Waals surface area contributed by atoms with Crippen LogP contribution in [-0.2, 0) is 0 Å². The van der Waals surface area contributed by atoms with Gasteiger partial charge in [-0.05, 0) is 30.5 Å². The van der Waals surface area contributed by atoms with Crippen molar-refractivity contribution in [1.29, 1.82) is 0 Å². The van der Waals surface area contributed by atoms with Crippen LogP contribution in [0.3, 0.4) is 0 Å². The zero-order chi connectivity index (χ0) is 12.7. The fourth-order valence-corrected chi connectivity index (χ4v) is 2.11. The third kappa shape index (κ3) is 1.40. The summed E-state index contributed by atoms with van der Waals surface area (Å²) in [6.07, 6.45) is 1.96. The standard InChI is InChI=1S/C13H13N3O2/c1-8-14-15-13-10-7-12(18-3)11(17-2)6-9(10)4-5-16(8)13/h4-7H,1-3H3. The number of hydrogen-bond acceptors (Lipinski definition) is 4. The van der Waals surface area contributed by atoms with Gasteiger partial charge in [-0.1, -0.05) is 0 Å². The molecule has 0 radical (unpaired) electrons. The number of hydrogen-bond donors (Lipinski definition) is 0. The van der Waals surface area contributed by atoms with Gasteiger partial charge in [0.1, 0.15) is 5.82 Å². The molecule has 0 saturated carbocycles. The molecule has 92 valence electrons. The van der Waals surface area contributed by atoms with Gasteiger partial charge in [0.05, 0.1) is 14.2 Å². The second-order valence-corrected chi connectivity index (χ2v) is 4.05. The second kappa shape index (κ2) is 3.87. The van der Waals surface area contributed by atoms with Crippen LogP contribution in [0.25, 0.3) is 16.4 Å². The minimum absolute atomic E-state index is 0.693. The van der Waals surface area contributed by atoms with Gasteiger partial charge >= 0.3 is 0 Å². The first-order valence-electron chi connectivity index (χ1n) is 5.60. The van der Waals surface area contributed by atoms with E-state index in [9.17, 15) is 0 Å². The van der Waals surface area contributed by atoms with E-state index in [2.05, 4.69) is 10.2 Å². The molecule has 2 aromatic heterocycles. The van der Waals surface area contributed by atoms with Crippen LogP contribution in [0.4, 0.5) is 0 Å². The van der Waals surface area contributed by atoms with Crippen LogP contribution >= 0.6 is 0 Å². The van der Waals surface area contributed by atoms with E-state index in [-0.39, 0.29) is 0 Å². The Morgan fingerprint density at radius 2 is 1.78 bits per heavy atom. The Bertz CT molecular complexity index is 734. The van der Waals surface area contributed by atoms with Crippen LogP contribution in [0.5, 0.6) is 11.5 Å². The average molecular weight is 243 g/mol. The van der Waals surface area contributed by atoms with E-state index >= 15 is 0 Å². The van der Waals surface area contributed by atoms with E-state index in [0.29, 0.717) is 11.5 Å². The van der Waals surface area contributed by atoms with Gasteiger partial charge in [-0.15, -0.1) is 10.2 Å². The SMILES string of the molecule is COc1cc2ccn3c(C)nnc3c2cc1OC. The molecule has 3 aromatic rings. The van der Waals surface area contributed by atoms with E-state index in [1.54, 1.807) is 14.2 Å². The van der Waals surface area contributed by atoms with E-state index < -0.39 is 0 Å². The highest BCUT2D eigenvalue weighted by Gasteiger charge is 2.10. The molecule has 0 saturated heterocycles. The highest BCUT2D eigenvalue weighted by molar-refractivity contribution is 5.96. The van der Waals surface area contributed by atoms with Crippen LogP contribution in [-0.4, -0.2) is 28.8 Å². The summed E-state index contributed by atoms with van der Waals surface area (Å²) in [6, 6.07) is 5.89. The first-order chi connectivity index (χ1) is 8.74. The van der Waals surface area contributed by atoms with Crippen LogP contribution in [0.2, 0.25) is 0 Å². The summed E-state index contributed by atoms with van der Waals surface area (Å²) < 4.78 is 12.6. The smallest absolute Gasteiger partial charge is 0.168 e. The number of aromatic nitrogens is 3. The summed E-state index contributed by atoms with van der Waals surface area (Å²) >= 11 is 0. The highest BCUT2D eigenvalue weighted by Crippen LogP contribution is 2.33. The van der Waals surface area contributed by atoms with Crippen molar-refractivity contribution in [2.24, 2.45) is 0 Å². The van der Waals surface area contributed by atoms with Crippen molar-refractivity contribution < 1.29 is 9.47 Å². The Balaban J connectivity index is 2.43. The summed E-state index contributed by atoms with van der Waals surface area (Å²) in [6.45, 7) is 1.92. The highest BCUT2D eigenvalue weighted by atomic mass is 16.5. The number of rotatable bonds is 2. The van der Waals surface area contributed by atoms with Gasteiger partial charge in [0.25, 0.3) is 0 Å². The molecule has 0 aliphatic heterocycles. The van der Waals surface area contributed by atoms with Gasteiger partial charge in [-0.3, -0.25) is 4.40 Å². The van der Waals surface area contributed by atoms with E-state index in [1.807, 2.05) is 35.7 Å². The van der Waals surface area contributed by atoms with E-state index in [0.717, 1.165) is 22.2 Å². The lowest BCUT2D eigenvalue weighted by molar-refractivity contribution is 0.356. The van der Waals surface area contributed by atoms with E-state index in [1.165, 1.54) is 0 Å². The number of nitrogens with zero attached hydrogens (tertiary/aromatic N) is 3. The second-order valence-electron chi connectivity index (χ2n) is 4.05. The number of methoxy groups -OCH3 is 2. The zero-order valence-electron chi connectivity index (χ0n) is 10.5. The molecule has 0 atom stereocenters. The number of aryl methyl sites for hydroxylation is 1. The number of pyridine rings is 1. The summed E-state index contributed by atoms with van der Waals surface area (Å²) in [7, 11) is 3.25. The normalized spacial score (nSPS) is 11.1. The van der Waals surface area contributed by atoms with Crippen LogP contribution in [0, 0.1) is 6.92 Å². The Kier molecular flexibility index (Phi) is 2.33. The largest absolute Gasteiger partial charge is 0.493 e. The predicted molar refractivity (Wildman–Crippen MR) is 68.3 cm³/mol. The Hall–Kier alpha value is -2.30. The summed E-state index contributed by atoms with van der Waals surface area (Å²) in [5, 5.41) is 10.3. The van der Waals surface area contributed by atoms with Crippen molar-refractivity contribution in [3.63, 3.8) is 0 Å². The molecule has 5 heteroatoms.